The monoisotopic (exact) mass is 193 g/mol. The second-order valence-electron chi connectivity index (χ2n) is 2.84. The van der Waals surface area contributed by atoms with E-state index in [0.29, 0.717) is 24.4 Å². The highest BCUT2D eigenvalue weighted by atomic mass is 16.3. The highest BCUT2D eigenvalue weighted by Crippen LogP contribution is 2.08. The largest absolute Gasteiger partial charge is 0.396 e. The first-order valence-corrected chi connectivity index (χ1v) is 4.41. The average Bonchev–Trinajstić information content (AvgIpc) is 2.67. The molecule has 2 heterocycles. The number of rotatable bonds is 4. The Kier molecular flexibility index (Phi) is 2.55. The second kappa shape index (κ2) is 4.01. The van der Waals surface area contributed by atoms with Crippen LogP contribution in [0.2, 0.25) is 0 Å². The average molecular weight is 193 g/mol. The molecule has 2 N–H and O–H groups in total. The maximum absolute atomic E-state index is 8.62. The zero-order chi connectivity index (χ0) is 9.80. The molecule has 0 aliphatic carbocycles. The van der Waals surface area contributed by atoms with E-state index in [9.17, 15) is 0 Å². The number of hydrogen-bond acceptors (Lipinski definition) is 5. The number of nitrogens with one attached hydrogen (secondary N) is 1. The molecule has 74 valence electrons. The smallest absolute Gasteiger partial charge is 0.203 e. The molecule has 14 heavy (non-hydrogen) atoms. The molecule has 0 aromatic carbocycles. The molecule has 0 bridgehead atoms. The van der Waals surface area contributed by atoms with Crippen LogP contribution in [0.1, 0.15) is 6.42 Å². The van der Waals surface area contributed by atoms with Gasteiger partial charge in [0, 0.05) is 25.5 Å². The van der Waals surface area contributed by atoms with Crippen LogP contribution in [0.3, 0.4) is 0 Å². The summed E-state index contributed by atoms with van der Waals surface area (Å²) in [6, 6.07) is 0. The first-order valence-electron chi connectivity index (χ1n) is 4.41. The summed E-state index contributed by atoms with van der Waals surface area (Å²) in [6.45, 7) is 0.846. The van der Waals surface area contributed by atoms with Crippen LogP contribution in [-0.2, 0) is 0 Å². The number of aliphatic hydroxyl groups is 1. The molecule has 0 aliphatic heterocycles. The zero-order valence-electron chi connectivity index (χ0n) is 7.59. The lowest BCUT2D eigenvalue weighted by Gasteiger charge is -2.03. The van der Waals surface area contributed by atoms with Crippen LogP contribution in [0.15, 0.2) is 18.7 Å². The summed E-state index contributed by atoms with van der Waals surface area (Å²) < 4.78 is 1.79. The molecule has 2 aromatic heterocycles. The Bertz CT molecular complexity index is 413. The van der Waals surface area contributed by atoms with E-state index in [4.69, 9.17) is 5.11 Å². The number of hydrogen-bond donors (Lipinski definition) is 2. The minimum Gasteiger partial charge on any atom is -0.396 e. The van der Waals surface area contributed by atoms with Crippen molar-refractivity contribution in [1.82, 2.24) is 19.6 Å². The molecule has 2 rings (SSSR count). The minimum atomic E-state index is 0.169. The topological polar surface area (TPSA) is 75.3 Å². The van der Waals surface area contributed by atoms with Crippen molar-refractivity contribution in [2.75, 3.05) is 18.5 Å². The van der Waals surface area contributed by atoms with E-state index < -0.39 is 0 Å². The van der Waals surface area contributed by atoms with Crippen LogP contribution in [0.25, 0.3) is 5.65 Å². The highest BCUT2D eigenvalue weighted by molar-refractivity contribution is 5.61. The van der Waals surface area contributed by atoms with Crippen molar-refractivity contribution in [2.24, 2.45) is 0 Å². The fourth-order valence-electron chi connectivity index (χ4n) is 1.17. The maximum atomic E-state index is 8.62. The summed E-state index contributed by atoms with van der Waals surface area (Å²) in [5.74, 6) is 0.693. The van der Waals surface area contributed by atoms with E-state index >= 15 is 0 Å². The lowest BCUT2D eigenvalue weighted by atomic mass is 10.4. The van der Waals surface area contributed by atoms with Gasteiger partial charge in [0.15, 0.2) is 5.82 Å². The van der Waals surface area contributed by atoms with Crippen molar-refractivity contribution in [1.29, 1.82) is 0 Å². The normalized spacial score (nSPS) is 10.6. The summed E-state index contributed by atoms with van der Waals surface area (Å²) in [5.41, 5.74) is 0.699. The third kappa shape index (κ3) is 1.64. The van der Waals surface area contributed by atoms with Crippen molar-refractivity contribution in [3.8, 4) is 0 Å². The summed E-state index contributed by atoms with van der Waals surface area (Å²) >= 11 is 0. The van der Waals surface area contributed by atoms with E-state index in [1.807, 2.05) is 0 Å². The van der Waals surface area contributed by atoms with Gasteiger partial charge in [-0.25, -0.2) is 4.98 Å². The molecule has 2 aromatic rings. The van der Waals surface area contributed by atoms with Gasteiger partial charge in [0.25, 0.3) is 0 Å². The molecule has 0 radical (unpaired) electrons. The Labute approximate surface area is 80.6 Å². The number of fused-ring (bicyclic) bond motifs is 1. The Morgan fingerprint density at radius 3 is 3.29 bits per heavy atom. The van der Waals surface area contributed by atoms with Gasteiger partial charge in [0.05, 0.1) is 0 Å². The summed E-state index contributed by atoms with van der Waals surface area (Å²) in [4.78, 5) is 4.13. The van der Waals surface area contributed by atoms with Crippen LogP contribution in [0.5, 0.6) is 0 Å². The Balaban J connectivity index is 2.19. The molecule has 0 amide bonds. The number of nitrogens with zero attached hydrogens (tertiary/aromatic N) is 4. The van der Waals surface area contributed by atoms with Crippen LogP contribution in [-0.4, -0.2) is 37.8 Å². The van der Waals surface area contributed by atoms with Crippen LogP contribution < -0.4 is 5.32 Å². The lowest BCUT2D eigenvalue weighted by molar-refractivity contribution is 0.292. The second-order valence-corrected chi connectivity index (χ2v) is 2.84. The Morgan fingerprint density at radius 2 is 2.43 bits per heavy atom. The van der Waals surface area contributed by atoms with Crippen LogP contribution in [0.4, 0.5) is 5.82 Å². The zero-order valence-corrected chi connectivity index (χ0v) is 7.59. The first kappa shape index (κ1) is 8.89. The van der Waals surface area contributed by atoms with Gasteiger partial charge >= 0.3 is 0 Å². The number of anilines is 1. The number of aromatic nitrogens is 4. The van der Waals surface area contributed by atoms with Crippen molar-refractivity contribution in [3.05, 3.63) is 18.7 Å². The number of aliphatic hydroxyl groups excluding tert-OH is 1. The first-order chi connectivity index (χ1) is 6.92. The fraction of sp³-hybridized carbons (Fsp3) is 0.375. The van der Waals surface area contributed by atoms with E-state index in [0.717, 1.165) is 0 Å². The van der Waals surface area contributed by atoms with Crippen molar-refractivity contribution >= 4 is 11.5 Å². The van der Waals surface area contributed by atoms with Crippen molar-refractivity contribution in [3.63, 3.8) is 0 Å². The van der Waals surface area contributed by atoms with Gasteiger partial charge in [-0.15, -0.1) is 10.2 Å². The quantitative estimate of drug-likeness (QED) is 0.664. The molecule has 0 saturated carbocycles. The summed E-state index contributed by atoms with van der Waals surface area (Å²) in [5, 5.41) is 19.4. The molecule has 6 nitrogen and oxygen atoms in total. The Morgan fingerprint density at radius 1 is 1.50 bits per heavy atom. The minimum absolute atomic E-state index is 0.169. The summed E-state index contributed by atoms with van der Waals surface area (Å²) in [7, 11) is 0. The molecular formula is C8H11N5O. The summed E-state index contributed by atoms with van der Waals surface area (Å²) in [6.07, 6.45) is 5.77. The molecule has 0 spiro atoms. The lowest BCUT2D eigenvalue weighted by Crippen LogP contribution is -2.06. The SMILES string of the molecule is OCCCNc1nccn2cnnc12. The van der Waals surface area contributed by atoms with E-state index in [-0.39, 0.29) is 6.61 Å². The fourth-order valence-corrected chi connectivity index (χ4v) is 1.17. The van der Waals surface area contributed by atoms with Gasteiger partial charge in [-0.3, -0.25) is 4.40 Å². The van der Waals surface area contributed by atoms with E-state index in [2.05, 4.69) is 20.5 Å². The maximum Gasteiger partial charge on any atom is 0.203 e. The highest BCUT2D eigenvalue weighted by Gasteiger charge is 2.02. The van der Waals surface area contributed by atoms with Crippen molar-refractivity contribution < 1.29 is 5.11 Å². The van der Waals surface area contributed by atoms with Gasteiger partial charge in [-0.1, -0.05) is 0 Å². The van der Waals surface area contributed by atoms with Gasteiger partial charge in [0.1, 0.15) is 6.33 Å². The van der Waals surface area contributed by atoms with Crippen molar-refractivity contribution in [2.45, 2.75) is 6.42 Å². The molecule has 0 saturated heterocycles. The third-order valence-electron chi connectivity index (χ3n) is 1.84. The molecule has 0 unspecified atom stereocenters. The molecule has 0 atom stereocenters. The van der Waals surface area contributed by atoms with E-state index in [1.54, 1.807) is 23.1 Å². The van der Waals surface area contributed by atoms with Crippen LogP contribution >= 0.6 is 0 Å². The van der Waals surface area contributed by atoms with Gasteiger partial charge in [-0.05, 0) is 6.42 Å². The molecule has 0 aliphatic rings. The molecule has 0 fully saturated rings. The Hall–Kier alpha value is -1.69. The van der Waals surface area contributed by atoms with Gasteiger partial charge < -0.3 is 10.4 Å². The van der Waals surface area contributed by atoms with Gasteiger partial charge in [-0.2, -0.15) is 0 Å². The third-order valence-corrected chi connectivity index (χ3v) is 1.84. The molecule has 6 heteroatoms. The predicted octanol–water partition coefficient (Wildman–Crippen LogP) is -0.0814. The van der Waals surface area contributed by atoms with Gasteiger partial charge in [0.2, 0.25) is 5.65 Å². The van der Waals surface area contributed by atoms with Crippen LogP contribution in [0, 0.1) is 0 Å². The standard InChI is InChI=1S/C8H11N5O/c14-5-1-2-9-7-8-12-11-6-13(8)4-3-10-7/h3-4,6,14H,1-2,5H2,(H,9,10). The van der Waals surface area contributed by atoms with E-state index in [1.165, 1.54) is 0 Å². The molecular weight excluding hydrogens is 182 g/mol. The predicted molar refractivity (Wildman–Crippen MR) is 51.0 cm³/mol.